The quantitative estimate of drug-likeness (QED) is 0.763. The molecule has 3 aromatic heterocycles. The van der Waals surface area contributed by atoms with Gasteiger partial charge in [0.15, 0.2) is 0 Å². The van der Waals surface area contributed by atoms with Gasteiger partial charge in [-0.05, 0) is 31.4 Å². The SMILES string of the molecule is Cc1cc2[nH]c(=O)c(C(=O)NC[C@@H]3C[C@H]3c3ccco3)cn2n1. The zero-order chi connectivity index (χ0) is 16.0. The van der Waals surface area contributed by atoms with Crippen molar-refractivity contribution in [3.63, 3.8) is 0 Å². The Kier molecular flexibility index (Phi) is 3.07. The molecule has 0 saturated heterocycles. The van der Waals surface area contributed by atoms with Crippen molar-refractivity contribution in [1.82, 2.24) is 19.9 Å². The van der Waals surface area contributed by atoms with E-state index in [-0.39, 0.29) is 11.5 Å². The third kappa shape index (κ3) is 2.54. The lowest BCUT2D eigenvalue weighted by atomic mass is 10.2. The van der Waals surface area contributed by atoms with E-state index < -0.39 is 5.56 Å². The molecule has 0 aromatic carbocycles. The van der Waals surface area contributed by atoms with Crippen LogP contribution < -0.4 is 10.9 Å². The summed E-state index contributed by atoms with van der Waals surface area (Å²) in [6.45, 7) is 2.35. The lowest BCUT2D eigenvalue weighted by Crippen LogP contribution is -2.31. The van der Waals surface area contributed by atoms with E-state index in [1.165, 1.54) is 10.7 Å². The minimum Gasteiger partial charge on any atom is -0.469 e. The van der Waals surface area contributed by atoms with Crippen LogP contribution in [0.3, 0.4) is 0 Å². The molecule has 1 aliphatic carbocycles. The van der Waals surface area contributed by atoms with Crippen molar-refractivity contribution in [2.24, 2.45) is 5.92 Å². The Balaban J connectivity index is 1.45. The van der Waals surface area contributed by atoms with Gasteiger partial charge >= 0.3 is 0 Å². The summed E-state index contributed by atoms with van der Waals surface area (Å²) in [5, 5.41) is 7.03. The summed E-state index contributed by atoms with van der Waals surface area (Å²) in [6.07, 6.45) is 4.11. The lowest BCUT2D eigenvalue weighted by Gasteiger charge is -2.04. The van der Waals surface area contributed by atoms with Crippen LogP contribution in [0.25, 0.3) is 5.65 Å². The van der Waals surface area contributed by atoms with Gasteiger partial charge in [-0.15, -0.1) is 0 Å². The number of hydrogen-bond acceptors (Lipinski definition) is 4. The Morgan fingerprint density at radius 1 is 1.57 bits per heavy atom. The van der Waals surface area contributed by atoms with E-state index in [1.54, 1.807) is 12.3 Å². The van der Waals surface area contributed by atoms with Crippen molar-refractivity contribution < 1.29 is 9.21 Å². The number of carbonyl (C=O) groups excluding carboxylic acids is 1. The number of furan rings is 1. The van der Waals surface area contributed by atoms with Crippen molar-refractivity contribution >= 4 is 11.6 Å². The number of nitrogens with zero attached hydrogens (tertiary/aromatic N) is 2. The molecule has 2 atom stereocenters. The predicted molar refractivity (Wildman–Crippen MR) is 82.4 cm³/mol. The van der Waals surface area contributed by atoms with Gasteiger partial charge in [-0.1, -0.05) is 0 Å². The van der Waals surface area contributed by atoms with Gasteiger partial charge in [0.1, 0.15) is 17.0 Å². The number of aromatic amines is 1. The maximum atomic E-state index is 12.2. The summed E-state index contributed by atoms with van der Waals surface area (Å²) in [5.74, 6) is 1.29. The molecule has 0 unspecified atom stereocenters. The first-order chi connectivity index (χ1) is 11.1. The number of rotatable bonds is 4. The number of aromatic nitrogens is 3. The average molecular weight is 312 g/mol. The molecule has 7 nitrogen and oxygen atoms in total. The Morgan fingerprint density at radius 3 is 3.22 bits per heavy atom. The number of nitrogens with one attached hydrogen (secondary N) is 2. The van der Waals surface area contributed by atoms with E-state index >= 15 is 0 Å². The number of amides is 1. The maximum Gasteiger partial charge on any atom is 0.263 e. The molecule has 1 saturated carbocycles. The van der Waals surface area contributed by atoms with Crippen LogP contribution in [0.4, 0.5) is 0 Å². The first-order valence-electron chi connectivity index (χ1n) is 7.53. The van der Waals surface area contributed by atoms with Gasteiger partial charge in [-0.25, -0.2) is 4.52 Å². The second-order valence-electron chi connectivity index (χ2n) is 5.94. The Bertz CT molecular complexity index is 923. The molecule has 0 aliphatic heterocycles. The van der Waals surface area contributed by atoms with Crippen molar-refractivity contribution in [2.75, 3.05) is 6.54 Å². The molecule has 7 heteroatoms. The molecule has 118 valence electrons. The second kappa shape index (κ2) is 5.12. The topological polar surface area (TPSA) is 92.4 Å². The predicted octanol–water partition coefficient (Wildman–Crippen LogP) is 1.46. The summed E-state index contributed by atoms with van der Waals surface area (Å²) >= 11 is 0. The van der Waals surface area contributed by atoms with E-state index in [0.717, 1.165) is 17.9 Å². The van der Waals surface area contributed by atoms with Crippen LogP contribution in [-0.4, -0.2) is 27.0 Å². The normalized spacial score (nSPS) is 19.9. The van der Waals surface area contributed by atoms with Crippen LogP contribution in [0.5, 0.6) is 0 Å². The fourth-order valence-electron chi connectivity index (χ4n) is 2.88. The fourth-order valence-corrected chi connectivity index (χ4v) is 2.88. The number of H-pyrrole nitrogens is 1. The highest BCUT2D eigenvalue weighted by molar-refractivity contribution is 5.93. The number of carbonyl (C=O) groups is 1. The fraction of sp³-hybridized carbons (Fsp3) is 0.312. The van der Waals surface area contributed by atoms with Crippen LogP contribution in [0.2, 0.25) is 0 Å². The molecule has 2 N–H and O–H groups in total. The van der Waals surface area contributed by atoms with Gasteiger partial charge in [-0.2, -0.15) is 5.10 Å². The van der Waals surface area contributed by atoms with Gasteiger partial charge in [0, 0.05) is 24.7 Å². The number of aryl methyl sites for hydroxylation is 1. The number of hydrogen-bond donors (Lipinski definition) is 2. The number of fused-ring (bicyclic) bond motifs is 1. The highest BCUT2D eigenvalue weighted by Gasteiger charge is 2.40. The highest BCUT2D eigenvalue weighted by Crippen LogP contribution is 2.47. The van der Waals surface area contributed by atoms with E-state index in [2.05, 4.69) is 15.4 Å². The van der Waals surface area contributed by atoms with Crippen LogP contribution in [0, 0.1) is 12.8 Å². The molecule has 0 spiro atoms. The highest BCUT2D eigenvalue weighted by atomic mass is 16.3. The minimum atomic E-state index is -0.409. The van der Waals surface area contributed by atoms with E-state index in [1.807, 2.05) is 19.1 Å². The van der Waals surface area contributed by atoms with Crippen molar-refractivity contribution in [3.8, 4) is 0 Å². The van der Waals surface area contributed by atoms with Crippen LogP contribution in [0.15, 0.2) is 39.9 Å². The van der Waals surface area contributed by atoms with Crippen molar-refractivity contribution in [1.29, 1.82) is 0 Å². The van der Waals surface area contributed by atoms with Gasteiger partial charge in [0.2, 0.25) is 0 Å². The van der Waals surface area contributed by atoms with E-state index in [0.29, 0.717) is 24.0 Å². The van der Waals surface area contributed by atoms with Gasteiger partial charge < -0.3 is 14.7 Å². The molecular weight excluding hydrogens is 296 g/mol. The third-order valence-corrected chi connectivity index (χ3v) is 4.20. The first kappa shape index (κ1) is 13.8. The Hall–Kier alpha value is -2.83. The second-order valence-corrected chi connectivity index (χ2v) is 5.94. The molecule has 0 radical (unpaired) electrons. The van der Waals surface area contributed by atoms with Crippen LogP contribution >= 0.6 is 0 Å². The zero-order valence-corrected chi connectivity index (χ0v) is 12.6. The van der Waals surface area contributed by atoms with Crippen molar-refractivity contribution in [3.05, 3.63) is 58.0 Å². The summed E-state index contributed by atoms with van der Waals surface area (Å²) in [7, 11) is 0. The summed E-state index contributed by atoms with van der Waals surface area (Å²) in [5.41, 5.74) is 1.01. The molecule has 1 aliphatic rings. The lowest BCUT2D eigenvalue weighted by molar-refractivity contribution is 0.0949. The molecule has 1 fully saturated rings. The Labute approximate surface area is 131 Å². The van der Waals surface area contributed by atoms with Crippen LogP contribution in [0.1, 0.15) is 34.2 Å². The standard InChI is InChI=1S/C16H16N4O3/c1-9-5-14-18-16(22)12(8-20(14)19-9)15(21)17-7-10-6-11(10)13-3-2-4-23-13/h2-5,8,10-11H,6-7H2,1H3,(H,17,21)(H,18,22)/t10-,11+/m0/s1. The molecule has 3 aromatic rings. The molecule has 1 amide bonds. The van der Waals surface area contributed by atoms with Crippen LogP contribution in [-0.2, 0) is 0 Å². The van der Waals surface area contributed by atoms with Crippen molar-refractivity contribution in [2.45, 2.75) is 19.3 Å². The first-order valence-corrected chi connectivity index (χ1v) is 7.53. The van der Waals surface area contributed by atoms with E-state index in [4.69, 9.17) is 4.42 Å². The van der Waals surface area contributed by atoms with E-state index in [9.17, 15) is 9.59 Å². The molecule has 23 heavy (non-hydrogen) atoms. The largest absolute Gasteiger partial charge is 0.469 e. The monoisotopic (exact) mass is 312 g/mol. The van der Waals surface area contributed by atoms with Gasteiger partial charge in [0.05, 0.1) is 12.0 Å². The molecule has 4 rings (SSSR count). The summed E-state index contributed by atoms with van der Waals surface area (Å²) < 4.78 is 6.88. The van der Waals surface area contributed by atoms with Gasteiger partial charge in [0.25, 0.3) is 11.5 Å². The van der Waals surface area contributed by atoms with Gasteiger partial charge in [-0.3, -0.25) is 9.59 Å². The smallest absolute Gasteiger partial charge is 0.263 e. The Morgan fingerprint density at radius 2 is 2.43 bits per heavy atom. The molecule has 0 bridgehead atoms. The molecular formula is C16H16N4O3. The molecule has 3 heterocycles. The third-order valence-electron chi connectivity index (χ3n) is 4.20. The zero-order valence-electron chi connectivity index (χ0n) is 12.6. The minimum absolute atomic E-state index is 0.0656. The maximum absolute atomic E-state index is 12.2. The summed E-state index contributed by atoms with van der Waals surface area (Å²) in [4.78, 5) is 26.9. The summed E-state index contributed by atoms with van der Waals surface area (Å²) in [6, 6.07) is 5.57. The average Bonchev–Trinajstić information content (AvgIpc) is 2.93.